The van der Waals surface area contributed by atoms with Crippen molar-refractivity contribution in [3.63, 3.8) is 0 Å². The first-order valence-electron chi connectivity index (χ1n) is 9.47. The first kappa shape index (κ1) is 21.4. The van der Waals surface area contributed by atoms with E-state index in [0.29, 0.717) is 11.1 Å². The smallest absolute Gasteiger partial charge is 0.316 e. The third kappa shape index (κ3) is 3.54. The summed E-state index contributed by atoms with van der Waals surface area (Å²) < 4.78 is 10.0. The maximum absolute atomic E-state index is 12.9. The highest BCUT2D eigenvalue weighted by atomic mass is 16.6. The van der Waals surface area contributed by atoms with Gasteiger partial charge in [-0.3, -0.25) is 19.7 Å². The molecule has 0 bridgehead atoms. The lowest BCUT2D eigenvalue weighted by Crippen LogP contribution is -2.53. The third-order valence-corrected chi connectivity index (χ3v) is 6.03. The summed E-state index contributed by atoms with van der Waals surface area (Å²) in [6.45, 7) is 0. The van der Waals surface area contributed by atoms with Gasteiger partial charge in [-0.25, -0.2) is 0 Å². The van der Waals surface area contributed by atoms with Gasteiger partial charge in [-0.2, -0.15) is 0 Å². The van der Waals surface area contributed by atoms with E-state index in [4.69, 9.17) is 9.47 Å². The normalized spacial score (nSPS) is 25.9. The topological polar surface area (TPSA) is 116 Å². The maximum atomic E-state index is 12.9. The van der Waals surface area contributed by atoms with Crippen molar-refractivity contribution in [2.45, 2.75) is 30.3 Å². The summed E-state index contributed by atoms with van der Waals surface area (Å²) in [5.74, 6) is -2.25. The molecular formula is C22H23NO7. The van der Waals surface area contributed by atoms with Crippen molar-refractivity contribution in [3.8, 4) is 0 Å². The van der Waals surface area contributed by atoms with Gasteiger partial charge in [0.05, 0.1) is 30.5 Å². The highest BCUT2D eigenvalue weighted by molar-refractivity contribution is 5.85. The molecule has 1 fully saturated rings. The van der Waals surface area contributed by atoms with E-state index in [1.165, 1.54) is 38.5 Å². The molecule has 0 saturated heterocycles. The van der Waals surface area contributed by atoms with Crippen LogP contribution < -0.4 is 0 Å². The average molecular weight is 413 g/mol. The number of carbonyl (C=O) groups excluding carboxylic acids is 2. The van der Waals surface area contributed by atoms with E-state index in [-0.39, 0.29) is 24.9 Å². The van der Waals surface area contributed by atoms with Crippen molar-refractivity contribution >= 4 is 17.6 Å². The molecule has 1 N–H and O–H groups in total. The number of rotatable bonds is 5. The fourth-order valence-corrected chi connectivity index (χ4v) is 4.35. The van der Waals surface area contributed by atoms with Gasteiger partial charge in [0, 0.05) is 12.1 Å². The number of methoxy groups -OCH3 is 2. The van der Waals surface area contributed by atoms with Gasteiger partial charge in [-0.05, 0) is 30.4 Å². The fourth-order valence-electron chi connectivity index (χ4n) is 4.35. The van der Waals surface area contributed by atoms with Crippen LogP contribution in [0.2, 0.25) is 0 Å². The first-order valence-corrected chi connectivity index (χ1v) is 9.47. The number of esters is 2. The number of aliphatic hydroxyl groups is 1. The van der Waals surface area contributed by atoms with Crippen molar-refractivity contribution in [3.05, 3.63) is 75.8 Å². The summed E-state index contributed by atoms with van der Waals surface area (Å²) in [4.78, 5) is 36.1. The van der Waals surface area contributed by atoms with Crippen LogP contribution in [0.15, 0.2) is 54.6 Å². The van der Waals surface area contributed by atoms with Crippen LogP contribution in [0.1, 0.15) is 30.4 Å². The zero-order chi connectivity index (χ0) is 21.9. The molecule has 3 rings (SSSR count). The number of nitrogens with zero attached hydrogens (tertiary/aromatic N) is 1. The Morgan fingerprint density at radius 3 is 2.17 bits per heavy atom. The molecule has 3 unspecified atom stereocenters. The standard InChI is InChI=1S/C22H23NO7/c1-29-19(24)18-14-21(20(25)30-2,15-8-10-17(11-9-15)23(27)28)12-13-22(18,26)16-6-4-3-5-7-16/h3-11,18,26H,12-14H2,1-2H3. The lowest BCUT2D eigenvalue weighted by Gasteiger charge is -2.46. The number of nitro benzene ring substituents is 1. The van der Waals surface area contributed by atoms with Crippen LogP contribution in [0, 0.1) is 16.0 Å². The molecule has 0 amide bonds. The van der Waals surface area contributed by atoms with Crippen molar-refractivity contribution in [2.24, 2.45) is 5.92 Å². The molecule has 1 aliphatic rings. The Hall–Kier alpha value is -3.26. The van der Waals surface area contributed by atoms with Crippen LogP contribution in [0.3, 0.4) is 0 Å². The average Bonchev–Trinajstić information content (AvgIpc) is 2.79. The molecule has 0 heterocycles. The highest BCUT2D eigenvalue weighted by Gasteiger charge is 2.57. The molecule has 1 saturated carbocycles. The van der Waals surface area contributed by atoms with Gasteiger partial charge < -0.3 is 14.6 Å². The quantitative estimate of drug-likeness (QED) is 0.455. The molecule has 2 aromatic carbocycles. The summed E-state index contributed by atoms with van der Waals surface area (Å²) in [5.41, 5.74) is -1.83. The van der Waals surface area contributed by atoms with Crippen LogP contribution in [0.5, 0.6) is 0 Å². The lowest BCUT2D eigenvalue weighted by molar-refractivity contribution is -0.384. The van der Waals surface area contributed by atoms with E-state index >= 15 is 0 Å². The zero-order valence-electron chi connectivity index (χ0n) is 16.7. The van der Waals surface area contributed by atoms with Crippen molar-refractivity contribution in [1.29, 1.82) is 0 Å². The van der Waals surface area contributed by atoms with Gasteiger partial charge in [0.1, 0.15) is 5.60 Å². The molecular weight excluding hydrogens is 390 g/mol. The number of carbonyl (C=O) groups is 2. The van der Waals surface area contributed by atoms with Crippen LogP contribution in [0.25, 0.3) is 0 Å². The van der Waals surface area contributed by atoms with Crippen molar-refractivity contribution < 1.29 is 29.1 Å². The Kier molecular flexibility index (Phi) is 5.89. The van der Waals surface area contributed by atoms with Gasteiger partial charge in [-0.15, -0.1) is 0 Å². The summed E-state index contributed by atoms with van der Waals surface area (Å²) in [7, 11) is 2.48. The van der Waals surface area contributed by atoms with Crippen LogP contribution >= 0.6 is 0 Å². The Morgan fingerprint density at radius 1 is 1.00 bits per heavy atom. The largest absolute Gasteiger partial charge is 0.469 e. The predicted octanol–water partition coefficient (Wildman–Crippen LogP) is 2.87. The van der Waals surface area contributed by atoms with E-state index in [1.807, 2.05) is 0 Å². The Balaban J connectivity index is 2.09. The molecule has 1 aliphatic carbocycles. The van der Waals surface area contributed by atoms with E-state index in [2.05, 4.69) is 0 Å². The van der Waals surface area contributed by atoms with Crippen molar-refractivity contribution in [1.82, 2.24) is 0 Å². The number of hydrogen-bond acceptors (Lipinski definition) is 7. The molecule has 0 spiro atoms. The molecule has 3 atom stereocenters. The molecule has 2 aromatic rings. The van der Waals surface area contributed by atoms with Crippen LogP contribution in [0.4, 0.5) is 5.69 Å². The van der Waals surface area contributed by atoms with Gasteiger partial charge in [0.15, 0.2) is 0 Å². The van der Waals surface area contributed by atoms with Gasteiger partial charge in [-0.1, -0.05) is 42.5 Å². The molecule has 8 heteroatoms. The molecule has 0 radical (unpaired) electrons. The number of benzene rings is 2. The molecule has 0 aliphatic heterocycles. The monoisotopic (exact) mass is 413 g/mol. The van der Waals surface area contributed by atoms with Gasteiger partial charge in [0.25, 0.3) is 5.69 Å². The van der Waals surface area contributed by atoms with Crippen LogP contribution in [-0.2, 0) is 30.1 Å². The van der Waals surface area contributed by atoms with Gasteiger partial charge >= 0.3 is 11.9 Å². The molecule has 158 valence electrons. The van der Waals surface area contributed by atoms with Gasteiger partial charge in [0.2, 0.25) is 0 Å². The van der Waals surface area contributed by atoms with E-state index < -0.39 is 33.8 Å². The minimum Gasteiger partial charge on any atom is -0.469 e. The SMILES string of the molecule is COC(=O)C1CC(C(=O)OC)(c2ccc([N+](=O)[O-])cc2)CCC1(O)c1ccccc1. The predicted molar refractivity (Wildman–Crippen MR) is 106 cm³/mol. The molecule has 8 nitrogen and oxygen atoms in total. The Morgan fingerprint density at radius 2 is 1.63 bits per heavy atom. The highest BCUT2D eigenvalue weighted by Crippen LogP contribution is 2.51. The number of non-ortho nitro benzene ring substituents is 1. The number of ether oxygens (including phenoxy) is 2. The molecule has 0 aromatic heterocycles. The lowest BCUT2D eigenvalue weighted by atomic mass is 9.59. The minimum absolute atomic E-state index is 0.0600. The van der Waals surface area contributed by atoms with Crippen LogP contribution in [-0.4, -0.2) is 36.2 Å². The summed E-state index contributed by atoms with van der Waals surface area (Å²) in [5, 5.41) is 22.5. The summed E-state index contributed by atoms with van der Waals surface area (Å²) in [6.07, 6.45) is 0.231. The summed E-state index contributed by atoms with van der Waals surface area (Å²) in [6, 6.07) is 14.4. The Bertz CT molecular complexity index is 944. The maximum Gasteiger partial charge on any atom is 0.316 e. The van der Waals surface area contributed by atoms with E-state index in [9.17, 15) is 24.8 Å². The van der Waals surface area contributed by atoms with Crippen molar-refractivity contribution in [2.75, 3.05) is 14.2 Å². The summed E-state index contributed by atoms with van der Waals surface area (Å²) >= 11 is 0. The third-order valence-electron chi connectivity index (χ3n) is 6.03. The zero-order valence-corrected chi connectivity index (χ0v) is 16.7. The second-order valence-electron chi connectivity index (χ2n) is 7.45. The minimum atomic E-state index is -1.52. The fraction of sp³-hybridized carbons (Fsp3) is 0.364. The number of nitro groups is 1. The van der Waals surface area contributed by atoms with E-state index in [0.717, 1.165) is 0 Å². The first-order chi connectivity index (χ1) is 14.3. The molecule has 30 heavy (non-hydrogen) atoms. The second kappa shape index (κ2) is 8.23. The second-order valence-corrected chi connectivity index (χ2v) is 7.45. The Labute approximate surface area is 173 Å². The van der Waals surface area contributed by atoms with E-state index in [1.54, 1.807) is 30.3 Å². The number of hydrogen-bond donors (Lipinski definition) is 1.